The van der Waals surface area contributed by atoms with Crippen molar-refractivity contribution >= 4 is 17.6 Å². The number of carbonyl (C=O) groups is 2. The van der Waals surface area contributed by atoms with Gasteiger partial charge in [-0.2, -0.15) is 5.10 Å². The van der Waals surface area contributed by atoms with E-state index >= 15 is 0 Å². The van der Waals surface area contributed by atoms with Crippen LogP contribution < -0.4 is 10.6 Å². The Balaban J connectivity index is 2.61. The zero-order valence-electron chi connectivity index (χ0n) is 12.1. The lowest BCUT2D eigenvalue weighted by molar-refractivity contribution is -0.131. The number of carbonyl (C=O) groups excluding carboxylic acids is 2. The van der Waals surface area contributed by atoms with Gasteiger partial charge in [0.15, 0.2) is 0 Å². The first kappa shape index (κ1) is 15.2. The van der Waals surface area contributed by atoms with Crippen LogP contribution in [0.1, 0.15) is 40.2 Å². The van der Waals surface area contributed by atoms with E-state index in [0.29, 0.717) is 5.82 Å². The van der Waals surface area contributed by atoms with E-state index in [9.17, 15) is 9.59 Å². The molecule has 0 aliphatic rings. The number of aromatic nitrogens is 2. The Bertz CT molecular complexity index is 459. The molecule has 0 fully saturated rings. The molecule has 1 aromatic rings. The summed E-state index contributed by atoms with van der Waals surface area (Å²) in [4.78, 5) is 23.8. The molecule has 1 aromatic heterocycles. The summed E-state index contributed by atoms with van der Waals surface area (Å²) >= 11 is 0. The van der Waals surface area contributed by atoms with Crippen molar-refractivity contribution < 1.29 is 9.59 Å². The van der Waals surface area contributed by atoms with E-state index in [2.05, 4.69) is 20.8 Å². The van der Waals surface area contributed by atoms with E-state index in [-0.39, 0.29) is 11.8 Å². The number of hydrogen-bond donors (Lipinski definition) is 3. The molecule has 0 aliphatic carbocycles. The fraction of sp³-hybridized carbons (Fsp3) is 0.615. The third-order valence-corrected chi connectivity index (χ3v) is 2.77. The van der Waals surface area contributed by atoms with Gasteiger partial charge in [-0.25, -0.2) is 0 Å². The van der Waals surface area contributed by atoms with Gasteiger partial charge in [0.2, 0.25) is 11.8 Å². The predicted octanol–water partition coefficient (Wildman–Crippen LogP) is 1.46. The maximum Gasteiger partial charge on any atom is 0.247 e. The third-order valence-electron chi connectivity index (χ3n) is 2.77. The number of H-pyrrole nitrogens is 1. The quantitative estimate of drug-likeness (QED) is 0.771. The first-order valence-electron chi connectivity index (χ1n) is 6.39. The molecule has 3 N–H and O–H groups in total. The monoisotopic (exact) mass is 266 g/mol. The van der Waals surface area contributed by atoms with Gasteiger partial charge in [-0.3, -0.25) is 14.7 Å². The summed E-state index contributed by atoms with van der Waals surface area (Å²) in [6.45, 7) is 9.04. The van der Waals surface area contributed by atoms with Crippen LogP contribution in [0.5, 0.6) is 0 Å². The highest BCUT2D eigenvalue weighted by Gasteiger charge is 2.25. The Morgan fingerprint density at radius 2 is 2.05 bits per heavy atom. The zero-order chi connectivity index (χ0) is 14.6. The highest BCUT2D eigenvalue weighted by atomic mass is 16.2. The SMILES string of the molecule is CCc1cn[nH]c1NC(=O)C(C)NC(=O)C(C)(C)C. The first-order chi connectivity index (χ1) is 8.75. The van der Waals surface area contributed by atoms with Gasteiger partial charge in [0.1, 0.15) is 11.9 Å². The van der Waals surface area contributed by atoms with Crippen LogP contribution in [0, 0.1) is 5.41 Å². The number of aromatic amines is 1. The summed E-state index contributed by atoms with van der Waals surface area (Å²) in [6, 6.07) is -0.597. The molecule has 6 heteroatoms. The molecule has 1 heterocycles. The average molecular weight is 266 g/mol. The van der Waals surface area contributed by atoms with Crippen molar-refractivity contribution in [2.24, 2.45) is 5.41 Å². The van der Waals surface area contributed by atoms with Gasteiger partial charge in [0, 0.05) is 11.0 Å². The Morgan fingerprint density at radius 3 is 2.58 bits per heavy atom. The molecule has 1 rings (SSSR count). The Kier molecular flexibility index (Phi) is 4.69. The summed E-state index contributed by atoms with van der Waals surface area (Å²) in [5.74, 6) is 0.163. The Morgan fingerprint density at radius 1 is 1.42 bits per heavy atom. The molecule has 0 spiro atoms. The van der Waals surface area contributed by atoms with E-state index in [1.807, 2.05) is 6.92 Å². The second-order valence-electron chi connectivity index (χ2n) is 5.56. The summed E-state index contributed by atoms with van der Waals surface area (Å²) in [5.41, 5.74) is 0.416. The van der Waals surface area contributed by atoms with Crippen LogP contribution in [0.2, 0.25) is 0 Å². The molecule has 2 amide bonds. The summed E-state index contributed by atoms with van der Waals surface area (Å²) in [5, 5.41) is 12.0. The van der Waals surface area contributed by atoms with Crippen LogP contribution >= 0.6 is 0 Å². The number of nitrogens with zero attached hydrogens (tertiary/aromatic N) is 1. The summed E-state index contributed by atoms with van der Waals surface area (Å²) < 4.78 is 0. The maximum absolute atomic E-state index is 12.0. The number of hydrogen-bond acceptors (Lipinski definition) is 3. The van der Waals surface area contributed by atoms with Crippen molar-refractivity contribution in [2.75, 3.05) is 5.32 Å². The molecule has 0 aliphatic heterocycles. The molecule has 1 unspecified atom stereocenters. The second kappa shape index (κ2) is 5.86. The third kappa shape index (κ3) is 4.08. The summed E-state index contributed by atoms with van der Waals surface area (Å²) in [7, 11) is 0. The first-order valence-corrected chi connectivity index (χ1v) is 6.39. The molecule has 1 atom stereocenters. The van der Waals surface area contributed by atoms with Crippen LogP contribution in [0.15, 0.2) is 6.20 Å². The molecule has 0 saturated carbocycles. The van der Waals surface area contributed by atoms with E-state index in [4.69, 9.17) is 0 Å². The molecular formula is C13H22N4O2. The molecule has 0 bridgehead atoms. The van der Waals surface area contributed by atoms with Crippen molar-refractivity contribution in [1.29, 1.82) is 0 Å². The number of aryl methyl sites for hydroxylation is 1. The van der Waals surface area contributed by atoms with Gasteiger partial charge in [-0.1, -0.05) is 27.7 Å². The number of nitrogens with one attached hydrogen (secondary N) is 3. The minimum atomic E-state index is -0.597. The fourth-order valence-corrected chi connectivity index (χ4v) is 1.40. The van der Waals surface area contributed by atoms with Gasteiger partial charge in [-0.15, -0.1) is 0 Å². The maximum atomic E-state index is 12.0. The van der Waals surface area contributed by atoms with Crippen LogP contribution in [-0.2, 0) is 16.0 Å². The molecule has 19 heavy (non-hydrogen) atoms. The van der Waals surface area contributed by atoms with Crippen molar-refractivity contribution in [3.63, 3.8) is 0 Å². The normalized spacial score (nSPS) is 12.9. The number of anilines is 1. The smallest absolute Gasteiger partial charge is 0.247 e. The number of amides is 2. The van der Waals surface area contributed by atoms with Crippen LogP contribution in [-0.4, -0.2) is 28.1 Å². The van der Waals surface area contributed by atoms with Crippen molar-refractivity contribution in [2.45, 2.75) is 47.1 Å². The van der Waals surface area contributed by atoms with Gasteiger partial charge >= 0.3 is 0 Å². The molecule has 106 valence electrons. The predicted molar refractivity (Wildman–Crippen MR) is 73.7 cm³/mol. The number of rotatable bonds is 4. The van der Waals surface area contributed by atoms with Gasteiger partial charge in [0.05, 0.1) is 6.20 Å². The lowest BCUT2D eigenvalue weighted by atomic mass is 9.95. The van der Waals surface area contributed by atoms with Crippen LogP contribution in [0.3, 0.4) is 0 Å². The lowest BCUT2D eigenvalue weighted by Gasteiger charge is -2.21. The van der Waals surface area contributed by atoms with E-state index in [1.54, 1.807) is 33.9 Å². The van der Waals surface area contributed by atoms with E-state index in [1.165, 1.54) is 0 Å². The molecule has 6 nitrogen and oxygen atoms in total. The van der Waals surface area contributed by atoms with E-state index < -0.39 is 11.5 Å². The van der Waals surface area contributed by atoms with Gasteiger partial charge in [0.25, 0.3) is 0 Å². The highest BCUT2D eigenvalue weighted by Crippen LogP contribution is 2.14. The lowest BCUT2D eigenvalue weighted by Crippen LogP contribution is -2.46. The Labute approximate surface area is 113 Å². The van der Waals surface area contributed by atoms with Gasteiger partial charge in [-0.05, 0) is 13.3 Å². The molecule has 0 radical (unpaired) electrons. The topological polar surface area (TPSA) is 86.9 Å². The van der Waals surface area contributed by atoms with Crippen molar-refractivity contribution in [1.82, 2.24) is 15.5 Å². The van der Waals surface area contributed by atoms with Gasteiger partial charge < -0.3 is 10.6 Å². The average Bonchev–Trinajstić information content (AvgIpc) is 2.74. The van der Waals surface area contributed by atoms with E-state index in [0.717, 1.165) is 12.0 Å². The second-order valence-corrected chi connectivity index (χ2v) is 5.56. The fourth-order valence-electron chi connectivity index (χ4n) is 1.40. The zero-order valence-corrected chi connectivity index (χ0v) is 12.1. The van der Waals surface area contributed by atoms with Crippen molar-refractivity contribution in [3.05, 3.63) is 11.8 Å². The molecule has 0 aromatic carbocycles. The van der Waals surface area contributed by atoms with Crippen LogP contribution in [0.25, 0.3) is 0 Å². The molecule has 0 saturated heterocycles. The molecular weight excluding hydrogens is 244 g/mol. The summed E-state index contributed by atoms with van der Waals surface area (Å²) in [6.07, 6.45) is 2.45. The van der Waals surface area contributed by atoms with Crippen LogP contribution in [0.4, 0.5) is 5.82 Å². The minimum absolute atomic E-state index is 0.157. The Hall–Kier alpha value is -1.85. The highest BCUT2D eigenvalue weighted by molar-refractivity contribution is 5.97. The largest absolute Gasteiger partial charge is 0.344 e. The standard InChI is InChI=1S/C13H22N4O2/c1-6-9-7-14-17-10(9)16-11(18)8(2)15-12(19)13(3,4)5/h7-8H,6H2,1-5H3,(H,15,19)(H2,14,16,17,18). The van der Waals surface area contributed by atoms with Crippen molar-refractivity contribution in [3.8, 4) is 0 Å². The minimum Gasteiger partial charge on any atom is -0.344 e.